The van der Waals surface area contributed by atoms with E-state index in [2.05, 4.69) is 21.2 Å². The molecule has 2 rings (SSSR count). The van der Waals surface area contributed by atoms with Crippen molar-refractivity contribution in [3.63, 3.8) is 0 Å². The Balaban J connectivity index is 2.16. The van der Waals surface area contributed by atoms with Gasteiger partial charge in [0.25, 0.3) is 5.91 Å². The summed E-state index contributed by atoms with van der Waals surface area (Å²) in [4.78, 5) is 11.9. The Kier molecular flexibility index (Phi) is 3.53. The van der Waals surface area contributed by atoms with Crippen molar-refractivity contribution in [1.29, 1.82) is 0 Å². The predicted molar refractivity (Wildman–Crippen MR) is 74.6 cm³/mol. The first kappa shape index (κ1) is 12.4. The largest absolute Gasteiger partial charge is 0.508 e. The standard InChI is InChI=1S/C13H11BrN2O2/c14-11-6-3-9(7-12(11)15)16-13(18)8-1-4-10(17)5-2-8/h1-7,17H,15H2,(H,16,18). The highest BCUT2D eigenvalue weighted by molar-refractivity contribution is 9.10. The zero-order valence-corrected chi connectivity index (χ0v) is 10.9. The molecule has 92 valence electrons. The lowest BCUT2D eigenvalue weighted by atomic mass is 10.2. The van der Waals surface area contributed by atoms with Crippen molar-refractivity contribution in [2.24, 2.45) is 0 Å². The summed E-state index contributed by atoms with van der Waals surface area (Å²) < 4.78 is 0.783. The minimum absolute atomic E-state index is 0.124. The third kappa shape index (κ3) is 2.81. The Morgan fingerprint density at radius 3 is 2.44 bits per heavy atom. The van der Waals surface area contributed by atoms with Gasteiger partial charge in [-0.1, -0.05) is 0 Å². The second kappa shape index (κ2) is 5.10. The van der Waals surface area contributed by atoms with Crippen LogP contribution in [0.4, 0.5) is 11.4 Å². The summed E-state index contributed by atoms with van der Waals surface area (Å²) in [6.07, 6.45) is 0. The maximum absolute atomic E-state index is 11.9. The Bertz CT molecular complexity index is 582. The third-order valence-electron chi connectivity index (χ3n) is 2.38. The van der Waals surface area contributed by atoms with Gasteiger partial charge < -0.3 is 16.2 Å². The number of hydrogen-bond acceptors (Lipinski definition) is 3. The monoisotopic (exact) mass is 306 g/mol. The van der Waals surface area contributed by atoms with Crippen LogP contribution in [-0.4, -0.2) is 11.0 Å². The Labute approximate surface area is 113 Å². The summed E-state index contributed by atoms with van der Waals surface area (Å²) in [6.45, 7) is 0. The predicted octanol–water partition coefficient (Wildman–Crippen LogP) is 2.99. The minimum atomic E-state index is -0.253. The molecule has 0 atom stereocenters. The summed E-state index contributed by atoms with van der Waals surface area (Å²) in [5.41, 5.74) is 7.36. The van der Waals surface area contributed by atoms with Gasteiger partial charge in [-0.3, -0.25) is 4.79 Å². The Hall–Kier alpha value is -2.01. The smallest absolute Gasteiger partial charge is 0.255 e. The van der Waals surface area contributed by atoms with Crippen molar-refractivity contribution in [1.82, 2.24) is 0 Å². The number of carbonyl (C=O) groups is 1. The number of benzene rings is 2. The number of phenolic OH excluding ortho intramolecular Hbond substituents is 1. The van der Waals surface area contributed by atoms with E-state index in [0.717, 1.165) is 4.47 Å². The SMILES string of the molecule is Nc1cc(NC(=O)c2ccc(O)cc2)ccc1Br. The molecule has 5 heteroatoms. The number of anilines is 2. The number of carbonyl (C=O) groups excluding carboxylic acids is 1. The lowest BCUT2D eigenvalue weighted by Gasteiger charge is -2.07. The fourth-order valence-corrected chi connectivity index (χ4v) is 1.68. The molecule has 2 aromatic rings. The van der Waals surface area contributed by atoms with Crippen LogP contribution in [0.2, 0.25) is 0 Å². The van der Waals surface area contributed by atoms with Crippen molar-refractivity contribution in [2.75, 3.05) is 11.1 Å². The van der Waals surface area contributed by atoms with Crippen molar-refractivity contribution in [3.05, 3.63) is 52.5 Å². The number of nitrogen functional groups attached to an aromatic ring is 1. The molecule has 0 fully saturated rings. The van der Waals surface area contributed by atoms with Crippen molar-refractivity contribution in [2.45, 2.75) is 0 Å². The highest BCUT2D eigenvalue weighted by Crippen LogP contribution is 2.23. The Morgan fingerprint density at radius 2 is 1.83 bits per heavy atom. The van der Waals surface area contributed by atoms with Crippen LogP contribution in [0.25, 0.3) is 0 Å². The maximum atomic E-state index is 11.9. The summed E-state index contributed by atoms with van der Waals surface area (Å²) in [5, 5.41) is 11.9. The van der Waals surface area contributed by atoms with E-state index in [0.29, 0.717) is 16.9 Å². The molecule has 1 amide bonds. The van der Waals surface area contributed by atoms with Crippen LogP contribution in [0, 0.1) is 0 Å². The summed E-state index contributed by atoms with van der Waals surface area (Å²) >= 11 is 3.28. The highest BCUT2D eigenvalue weighted by atomic mass is 79.9. The average molecular weight is 307 g/mol. The molecule has 4 nitrogen and oxygen atoms in total. The molecule has 18 heavy (non-hydrogen) atoms. The second-order valence-corrected chi connectivity index (χ2v) is 4.59. The van der Waals surface area contributed by atoms with Gasteiger partial charge in [0.2, 0.25) is 0 Å². The lowest BCUT2D eigenvalue weighted by molar-refractivity contribution is 0.102. The average Bonchev–Trinajstić information content (AvgIpc) is 2.34. The third-order valence-corrected chi connectivity index (χ3v) is 3.11. The van der Waals surface area contributed by atoms with Crippen molar-refractivity contribution in [3.8, 4) is 5.75 Å². The number of amides is 1. The van der Waals surface area contributed by atoms with Crippen molar-refractivity contribution >= 4 is 33.2 Å². The first-order chi connectivity index (χ1) is 8.56. The van der Waals surface area contributed by atoms with E-state index in [-0.39, 0.29) is 11.7 Å². The molecule has 0 aliphatic heterocycles. The van der Waals surface area contributed by atoms with Gasteiger partial charge in [-0.25, -0.2) is 0 Å². The normalized spacial score (nSPS) is 10.1. The maximum Gasteiger partial charge on any atom is 0.255 e. The van der Waals surface area contributed by atoms with E-state index >= 15 is 0 Å². The van der Waals surface area contributed by atoms with Crippen LogP contribution in [0.15, 0.2) is 46.9 Å². The van der Waals surface area contributed by atoms with E-state index in [4.69, 9.17) is 10.8 Å². The number of halogens is 1. The number of rotatable bonds is 2. The van der Waals surface area contributed by atoms with Crippen LogP contribution in [0.3, 0.4) is 0 Å². The lowest BCUT2D eigenvalue weighted by Crippen LogP contribution is -2.11. The van der Waals surface area contributed by atoms with Gasteiger partial charge in [-0.05, 0) is 58.4 Å². The van der Waals surface area contributed by atoms with E-state index in [9.17, 15) is 4.79 Å². The number of nitrogens with one attached hydrogen (secondary N) is 1. The quantitative estimate of drug-likeness (QED) is 0.747. The first-order valence-corrected chi connectivity index (χ1v) is 6.01. The molecule has 0 unspecified atom stereocenters. The summed E-state index contributed by atoms with van der Waals surface area (Å²) in [6, 6.07) is 11.2. The first-order valence-electron chi connectivity index (χ1n) is 5.21. The van der Waals surface area contributed by atoms with Gasteiger partial charge in [-0.2, -0.15) is 0 Å². The molecule has 0 radical (unpaired) electrons. The van der Waals surface area contributed by atoms with Crippen LogP contribution in [0.5, 0.6) is 5.75 Å². The van der Waals surface area contributed by atoms with E-state index in [1.807, 2.05) is 0 Å². The van der Waals surface area contributed by atoms with Gasteiger partial charge in [0, 0.05) is 21.4 Å². The number of nitrogens with two attached hydrogens (primary N) is 1. The molecule has 0 aromatic heterocycles. The molecule has 0 heterocycles. The van der Waals surface area contributed by atoms with Crippen LogP contribution < -0.4 is 11.1 Å². The minimum Gasteiger partial charge on any atom is -0.508 e. The molecule has 0 bridgehead atoms. The Morgan fingerprint density at radius 1 is 1.17 bits per heavy atom. The van der Waals surface area contributed by atoms with Crippen molar-refractivity contribution < 1.29 is 9.90 Å². The fraction of sp³-hybridized carbons (Fsp3) is 0. The van der Waals surface area contributed by atoms with Gasteiger partial charge in [-0.15, -0.1) is 0 Å². The molecular formula is C13H11BrN2O2. The van der Waals surface area contributed by atoms with E-state index in [1.54, 1.807) is 30.3 Å². The molecule has 4 N–H and O–H groups in total. The van der Waals surface area contributed by atoms with Crippen LogP contribution in [0.1, 0.15) is 10.4 Å². The molecule has 0 saturated heterocycles. The number of hydrogen-bond donors (Lipinski definition) is 3. The number of phenols is 1. The van der Waals surface area contributed by atoms with Gasteiger partial charge in [0.05, 0.1) is 0 Å². The molecule has 0 aliphatic rings. The van der Waals surface area contributed by atoms with E-state index in [1.165, 1.54) is 12.1 Å². The molecule has 0 spiro atoms. The summed E-state index contributed by atoms with van der Waals surface area (Å²) in [7, 11) is 0. The van der Waals surface area contributed by atoms with Crippen LogP contribution in [-0.2, 0) is 0 Å². The number of aromatic hydroxyl groups is 1. The van der Waals surface area contributed by atoms with Gasteiger partial charge in [0.1, 0.15) is 5.75 Å². The molecule has 0 aliphatic carbocycles. The van der Waals surface area contributed by atoms with Gasteiger partial charge in [0.15, 0.2) is 0 Å². The highest BCUT2D eigenvalue weighted by Gasteiger charge is 2.06. The zero-order valence-electron chi connectivity index (χ0n) is 9.35. The van der Waals surface area contributed by atoms with Crippen LogP contribution >= 0.6 is 15.9 Å². The molecular weight excluding hydrogens is 296 g/mol. The van der Waals surface area contributed by atoms with E-state index < -0.39 is 0 Å². The molecule has 0 saturated carbocycles. The topological polar surface area (TPSA) is 75.3 Å². The van der Waals surface area contributed by atoms with Gasteiger partial charge >= 0.3 is 0 Å². The molecule has 2 aromatic carbocycles. The zero-order chi connectivity index (χ0) is 13.1. The second-order valence-electron chi connectivity index (χ2n) is 3.74. The fourth-order valence-electron chi connectivity index (χ4n) is 1.44. The summed E-state index contributed by atoms with van der Waals surface area (Å²) in [5.74, 6) is -0.129.